The van der Waals surface area contributed by atoms with E-state index in [1.54, 1.807) is 24.3 Å². The van der Waals surface area contributed by atoms with Crippen molar-refractivity contribution in [1.82, 2.24) is 4.72 Å². The molecule has 0 unspecified atom stereocenters. The number of hydrogen-bond donors (Lipinski definition) is 1. The molecule has 0 aliphatic carbocycles. The molecular formula is C16H15NO5S. The summed E-state index contributed by atoms with van der Waals surface area (Å²) in [4.78, 5) is 23.3. The SMILES string of the molecule is COC(=O)Cc1ccccc1S(=O)(=O)NC(=O)c1ccccc1. The molecule has 23 heavy (non-hydrogen) atoms. The number of sulfonamides is 1. The first-order valence-electron chi connectivity index (χ1n) is 6.71. The van der Waals surface area contributed by atoms with Gasteiger partial charge in [-0.15, -0.1) is 0 Å². The van der Waals surface area contributed by atoms with E-state index in [1.165, 1.54) is 37.4 Å². The van der Waals surface area contributed by atoms with E-state index in [9.17, 15) is 18.0 Å². The normalized spacial score (nSPS) is 10.8. The summed E-state index contributed by atoms with van der Waals surface area (Å²) in [7, 11) is -2.88. The van der Waals surface area contributed by atoms with Crippen LogP contribution in [-0.4, -0.2) is 27.4 Å². The molecule has 120 valence electrons. The Hall–Kier alpha value is -2.67. The minimum Gasteiger partial charge on any atom is -0.469 e. The average molecular weight is 333 g/mol. The van der Waals surface area contributed by atoms with Crippen molar-refractivity contribution in [3.8, 4) is 0 Å². The topological polar surface area (TPSA) is 89.5 Å². The molecular weight excluding hydrogens is 318 g/mol. The van der Waals surface area contributed by atoms with Gasteiger partial charge in [0.05, 0.1) is 18.4 Å². The van der Waals surface area contributed by atoms with Crippen LogP contribution in [0.25, 0.3) is 0 Å². The van der Waals surface area contributed by atoms with Gasteiger partial charge >= 0.3 is 5.97 Å². The fraction of sp³-hybridized carbons (Fsp3) is 0.125. The van der Waals surface area contributed by atoms with Crippen molar-refractivity contribution in [2.45, 2.75) is 11.3 Å². The zero-order chi connectivity index (χ0) is 16.9. The van der Waals surface area contributed by atoms with Crippen molar-refractivity contribution in [2.24, 2.45) is 0 Å². The summed E-state index contributed by atoms with van der Waals surface area (Å²) in [6, 6.07) is 13.9. The van der Waals surface area contributed by atoms with Gasteiger partial charge in [0.2, 0.25) is 0 Å². The Morgan fingerprint density at radius 1 is 1.00 bits per heavy atom. The van der Waals surface area contributed by atoms with Gasteiger partial charge in [-0.3, -0.25) is 9.59 Å². The minimum atomic E-state index is -4.10. The number of ether oxygens (including phenoxy) is 1. The van der Waals surface area contributed by atoms with Gasteiger partial charge in [0.15, 0.2) is 0 Å². The van der Waals surface area contributed by atoms with Crippen LogP contribution >= 0.6 is 0 Å². The number of methoxy groups -OCH3 is 1. The second-order valence-electron chi connectivity index (χ2n) is 4.66. The number of carbonyl (C=O) groups excluding carboxylic acids is 2. The lowest BCUT2D eigenvalue weighted by Gasteiger charge is -2.11. The highest BCUT2D eigenvalue weighted by Gasteiger charge is 2.22. The Labute approximate surface area is 134 Å². The molecule has 2 aromatic carbocycles. The highest BCUT2D eigenvalue weighted by atomic mass is 32.2. The minimum absolute atomic E-state index is 0.130. The quantitative estimate of drug-likeness (QED) is 0.838. The first-order valence-corrected chi connectivity index (χ1v) is 8.19. The van der Waals surface area contributed by atoms with Crippen molar-refractivity contribution in [3.63, 3.8) is 0 Å². The van der Waals surface area contributed by atoms with Crippen molar-refractivity contribution < 1.29 is 22.7 Å². The lowest BCUT2D eigenvalue weighted by molar-refractivity contribution is -0.139. The summed E-state index contributed by atoms with van der Waals surface area (Å²) in [6.07, 6.45) is -0.201. The van der Waals surface area contributed by atoms with Gasteiger partial charge in [-0.1, -0.05) is 36.4 Å². The first-order chi connectivity index (χ1) is 10.9. The summed E-state index contributed by atoms with van der Waals surface area (Å²) < 4.78 is 31.4. The number of rotatable bonds is 5. The van der Waals surface area contributed by atoms with Crippen molar-refractivity contribution in [3.05, 3.63) is 65.7 Å². The van der Waals surface area contributed by atoms with Crippen LogP contribution in [0.3, 0.4) is 0 Å². The third-order valence-corrected chi connectivity index (χ3v) is 4.52. The maximum absolute atomic E-state index is 12.4. The molecule has 2 aromatic rings. The van der Waals surface area contributed by atoms with Crippen LogP contribution in [0.2, 0.25) is 0 Å². The molecule has 0 heterocycles. The number of benzene rings is 2. The zero-order valence-corrected chi connectivity index (χ0v) is 13.2. The van der Waals surface area contributed by atoms with Gasteiger partial charge in [0.1, 0.15) is 0 Å². The van der Waals surface area contributed by atoms with E-state index in [0.717, 1.165) is 0 Å². The molecule has 0 bridgehead atoms. The van der Waals surface area contributed by atoms with Crippen LogP contribution in [-0.2, 0) is 26.0 Å². The molecule has 1 N–H and O–H groups in total. The molecule has 6 nitrogen and oxygen atoms in total. The van der Waals surface area contributed by atoms with Gasteiger partial charge in [-0.05, 0) is 23.8 Å². The summed E-state index contributed by atoms with van der Waals surface area (Å²) in [5, 5.41) is 0. The van der Waals surface area contributed by atoms with Gasteiger partial charge in [-0.2, -0.15) is 0 Å². The monoisotopic (exact) mass is 333 g/mol. The van der Waals surface area contributed by atoms with E-state index in [0.29, 0.717) is 0 Å². The van der Waals surface area contributed by atoms with Crippen molar-refractivity contribution >= 4 is 21.9 Å². The lowest BCUT2D eigenvalue weighted by Crippen LogP contribution is -2.31. The van der Waals surface area contributed by atoms with E-state index >= 15 is 0 Å². The lowest BCUT2D eigenvalue weighted by atomic mass is 10.1. The van der Waals surface area contributed by atoms with E-state index in [4.69, 9.17) is 0 Å². The third-order valence-electron chi connectivity index (χ3n) is 3.09. The molecule has 0 atom stereocenters. The molecule has 1 amide bonds. The number of amides is 1. The van der Waals surface area contributed by atoms with E-state index in [2.05, 4.69) is 4.74 Å². The van der Waals surface area contributed by atoms with Gasteiger partial charge in [0.25, 0.3) is 15.9 Å². The van der Waals surface area contributed by atoms with Gasteiger partial charge in [-0.25, -0.2) is 13.1 Å². The third kappa shape index (κ3) is 4.17. The van der Waals surface area contributed by atoms with Crippen molar-refractivity contribution in [2.75, 3.05) is 7.11 Å². The average Bonchev–Trinajstić information content (AvgIpc) is 2.55. The Kier molecular flexibility index (Phi) is 5.13. The molecule has 2 rings (SSSR count). The molecule has 0 aromatic heterocycles. The van der Waals surface area contributed by atoms with Gasteiger partial charge in [0, 0.05) is 5.56 Å². The van der Waals surface area contributed by atoms with Crippen LogP contribution in [0.1, 0.15) is 15.9 Å². The standard InChI is InChI=1S/C16H15NO5S/c1-22-15(18)11-13-9-5-6-10-14(13)23(20,21)17-16(19)12-7-3-2-4-8-12/h2-10H,11H2,1H3,(H,17,19). The molecule has 0 saturated carbocycles. The Balaban J connectivity index is 2.30. The fourth-order valence-electron chi connectivity index (χ4n) is 1.97. The van der Waals surface area contributed by atoms with Crippen LogP contribution in [0, 0.1) is 0 Å². The predicted octanol–water partition coefficient (Wildman–Crippen LogP) is 1.52. The van der Waals surface area contributed by atoms with E-state index < -0.39 is 21.9 Å². The molecule has 0 saturated heterocycles. The van der Waals surface area contributed by atoms with Crippen LogP contribution in [0.15, 0.2) is 59.5 Å². The largest absolute Gasteiger partial charge is 0.469 e. The smallest absolute Gasteiger partial charge is 0.310 e. The number of hydrogen-bond acceptors (Lipinski definition) is 5. The van der Waals surface area contributed by atoms with E-state index in [-0.39, 0.29) is 22.4 Å². The first kappa shape index (κ1) is 16.7. The Morgan fingerprint density at radius 2 is 1.61 bits per heavy atom. The molecule has 0 radical (unpaired) electrons. The van der Waals surface area contributed by atoms with Gasteiger partial charge < -0.3 is 4.74 Å². The highest BCUT2D eigenvalue weighted by Crippen LogP contribution is 2.17. The maximum atomic E-state index is 12.4. The maximum Gasteiger partial charge on any atom is 0.310 e. The predicted molar refractivity (Wildman–Crippen MR) is 83.3 cm³/mol. The number of esters is 1. The highest BCUT2D eigenvalue weighted by molar-refractivity contribution is 7.90. The molecule has 7 heteroatoms. The fourth-order valence-corrected chi connectivity index (χ4v) is 3.18. The molecule has 0 aliphatic heterocycles. The zero-order valence-electron chi connectivity index (χ0n) is 12.4. The van der Waals surface area contributed by atoms with Crippen LogP contribution < -0.4 is 4.72 Å². The summed E-state index contributed by atoms with van der Waals surface area (Å²) in [5.74, 6) is -1.31. The second-order valence-corrected chi connectivity index (χ2v) is 6.31. The van der Waals surface area contributed by atoms with Crippen LogP contribution in [0.4, 0.5) is 0 Å². The molecule has 0 aliphatic rings. The summed E-state index contributed by atoms with van der Waals surface area (Å²) >= 11 is 0. The van der Waals surface area contributed by atoms with E-state index in [1.807, 2.05) is 4.72 Å². The number of carbonyl (C=O) groups is 2. The van der Waals surface area contributed by atoms with Crippen LogP contribution in [0.5, 0.6) is 0 Å². The second kappa shape index (κ2) is 7.06. The number of nitrogens with one attached hydrogen (secondary N) is 1. The molecule has 0 fully saturated rings. The van der Waals surface area contributed by atoms with Crippen molar-refractivity contribution in [1.29, 1.82) is 0 Å². The molecule has 0 spiro atoms. The summed E-state index contributed by atoms with van der Waals surface area (Å²) in [6.45, 7) is 0. The Bertz CT molecular complexity index is 815. The Morgan fingerprint density at radius 3 is 2.26 bits per heavy atom. The summed E-state index contributed by atoms with van der Waals surface area (Å²) in [5.41, 5.74) is 0.481.